The van der Waals surface area contributed by atoms with Gasteiger partial charge in [0, 0.05) is 0 Å². The molecule has 0 spiro atoms. The van der Waals surface area contributed by atoms with Crippen molar-refractivity contribution in [2.75, 3.05) is 0 Å². The molecule has 1 aromatic carbocycles. The quantitative estimate of drug-likeness (QED) is 0.584. The van der Waals surface area contributed by atoms with Crippen LogP contribution in [0.4, 0.5) is 0 Å². The molecule has 0 aliphatic rings. The van der Waals surface area contributed by atoms with Gasteiger partial charge in [0.15, 0.2) is 0 Å². The Bertz CT molecular complexity index is 280. The third-order valence-electron chi connectivity index (χ3n) is 1.77. The molecule has 0 radical (unpaired) electrons. The summed E-state index contributed by atoms with van der Waals surface area (Å²) in [4.78, 5) is 0. The van der Waals surface area contributed by atoms with Crippen molar-refractivity contribution in [2.24, 2.45) is 5.92 Å². The molecule has 1 aromatic rings. The first kappa shape index (κ1) is 11.9. The van der Waals surface area contributed by atoms with Crippen LogP contribution in [0, 0.1) is 5.92 Å². The van der Waals surface area contributed by atoms with Crippen LogP contribution >= 0.6 is 12.2 Å². The number of benzene rings is 1. The van der Waals surface area contributed by atoms with Crippen LogP contribution in [0.3, 0.4) is 0 Å². The molecule has 2 heteroatoms. The Morgan fingerprint density at radius 1 is 1.29 bits per heavy atom. The first-order valence-corrected chi connectivity index (χ1v) is 7.35. The third-order valence-corrected chi connectivity index (χ3v) is 5.25. The van der Waals surface area contributed by atoms with Gasteiger partial charge in [-0.3, -0.25) is 0 Å². The van der Waals surface area contributed by atoms with Crippen molar-refractivity contribution in [3.05, 3.63) is 35.9 Å². The summed E-state index contributed by atoms with van der Waals surface area (Å²) in [6.07, 6.45) is 0.989. The Labute approximate surface area is 98.3 Å². The third kappa shape index (κ3) is 4.90. The van der Waals surface area contributed by atoms with Gasteiger partial charge in [-0.1, -0.05) is 0 Å². The topological polar surface area (TPSA) is 0 Å². The normalized spacial score (nSPS) is 10.5. The predicted molar refractivity (Wildman–Crippen MR) is 68.1 cm³/mol. The van der Waals surface area contributed by atoms with Gasteiger partial charge in [-0.15, -0.1) is 0 Å². The fraction of sp³-hybridized carbons (Fsp3) is 0.417. The van der Waals surface area contributed by atoms with Gasteiger partial charge in [-0.2, -0.15) is 0 Å². The number of hydrogen-bond donors (Lipinski definition) is 0. The first-order chi connectivity index (χ1) is 6.68. The molecular formula is C12H16SSe. The van der Waals surface area contributed by atoms with E-state index in [4.69, 9.17) is 12.2 Å². The number of rotatable bonds is 5. The maximum absolute atomic E-state index is 5.38. The average molecular weight is 271 g/mol. The van der Waals surface area contributed by atoms with Crippen LogP contribution in [-0.4, -0.2) is 18.7 Å². The molecule has 0 saturated heterocycles. The molecule has 0 N–H and O–H groups in total. The van der Waals surface area contributed by atoms with Crippen molar-refractivity contribution >= 4 is 30.9 Å². The average Bonchev–Trinajstić information content (AvgIpc) is 2.16. The van der Waals surface area contributed by atoms with Gasteiger partial charge >= 0.3 is 98.3 Å². The molecule has 0 heterocycles. The van der Waals surface area contributed by atoms with E-state index in [0.29, 0.717) is 15.0 Å². The molecule has 0 aliphatic heterocycles. The fourth-order valence-electron chi connectivity index (χ4n) is 1.07. The second kappa shape index (κ2) is 6.34. The van der Waals surface area contributed by atoms with E-state index in [2.05, 4.69) is 38.1 Å². The van der Waals surface area contributed by atoms with E-state index >= 15 is 0 Å². The second-order valence-electron chi connectivity index (χ2n) is 3.74. The molecule has 76 valence electrons. The first-order valence-electron chi connectivity index (χ1n) is 4.88. The van der Waals surface area contributed by atoms with Gasteiger partial charge in [0.25, 0.3) is 0 Å². The van der Waals surface area contributed by atoms with Crippen LogP contribution in [0.5, 0.6) is 0 Å². The van der Waals surface area contributed by atoms with E-state index in [9.17, 15) is 0 Å². The summed E-state index contributed by atoms with van der Waals surface area (Å²) in [5.74, 6) is 0.781. The zero-order valence-corrected chi connectivity index (χ0v) is 11.2. The van der Waals surface area contributed by atoms with Crippen molar-refractivity contribution in [3.8, 4) is 0 Å². The standard InChI is InChI=1S/C12H16SSe/c1-10(2)9-14-12(13)8-11-6-4-3-5-7-11/h3-7,10H,8-9H2,1-2H3. The molecule has 1 rings (SSSR count). The van der Waals surface area contributed by atoms with Gasteiger partial charge in [0.1, 0.15) is 0 Å². The molecular weight excluding hydrogens is 255 g/mol. The van der Waals surface area contributed by atoms with Crippen LogP contribution in [0.15, 0.2) is 30.3 Å². The van der Waals surface area contributed by atoms with Crippen LogP contribution in [-0.2, 0) is 6.42 Å². The zero-order valence-electron chi connectivity index (χ0n) is 8.69. The van der Waals surface area contributed by atoms with E-state index in [1.165, 1.54) is 14.6 Å². The van der Waals surface area contributed by atoms with Crippen molar-refractivity contribution in [1.29, 1.82) is 0 Å². The monoisotopic (exact) mass is 272 g/mol. The summed E-state index contributed by atoms with van der Waals surface area (Å²) in [5.41, 5.74) is 1.35. The van der Waals surface area contributed by atoms with Gasteiger partial charge in [0.2, 0.25) is 0 Å². The van der Waals surface area contributed by atoms with E-state index < -0.39 is 0 Å². The molecule has 0 aliphatic carbocycles. The second-order valence-corrected chi connectivity index (χ2v) is 7.15. The van der Waals surface area contributed by atoms with Crippen LogP contribution in [0.1, 0.15) is 19.4 Å². The van der Waals surface area contributed by atoms with E-state index in [0.717, 1.165) is 12.3 Å². The van der Waals surface area contributed by atoms with Gasteiger partial charge < -0.3 is 0 Å². The SMILES string of the molecule is CC(C)C[Se]C(=S)Cc1ccccc1. The Morgan fingerprint density at radius 3 is 2.50 bits per heavy atom. The molecule has 0 unspecified atom stereocenters. The van der Waals surface area contributed by atoms with E-state index in [1.807, 2.05) is 6.07 Å². The predicted octanol–water partition coefficient (Wildman–Crippen LogP) is 3.34. The Hall–Kier alpha value is -0.171. The number of thiocarbonyl (C=S) groups is 1. The summed E-state index contributed by atoms with van der Waals surface area (Å²) in [6.45, 7) is 4.51. The number of hydrogen-bond acceptors (Lipinski definition) is 1. The van der Waals surface area contributed by atoms with Crippen molar-refractivity contribution in [1.82, 2.24) is 0 Å². The van der Waals surface area contributed by atoms with E-state index in [-0.39, 0.29) is 0 Å². The van der Waals surface area contributed by atoms with Crippen molar-refractivity contribution < 1.29 is 0 Å². The summed E-state index contributed by atoms with van der Waals surface area (Å²) in [6, 6.07) is 10.5. The molecule has 0 bridgehead atoms. The molecule has 0 saturated carbocycles. The van der Waals surface area contributed by atoms with Gasteiger partial charge in [0.05, 0.1) is 0 Å². The van der Waals surface area contributed by atoms with Crippen LogP contribution in [0.2, 0.25) is 5.32 Å². The van der Waals surface area contributed by atoms with Crippen LogP contribution in [0.25, 0.3) is 0 Å². The summed E-state index contributed by atoms with van der Waals surface area (Å²) in [7, 11) is 0. The molecule has 0 atom stereocenters. The van der Waals surface area contributed by atoms with Crippen molar-refractivity contribution in [3.63, 3.8) is 0 Å². The van der Waals surface area contributed by atoms with Gasteiger partial charge in [-0.25, -0.2) is 0 Å². The van der Waals surface area contributed by atoms with E-state index in [1.54, 1.807) is 0 Å². The fourth-order valence-corrected chi connectivity index (χ4v) is 3.25. The summed E-state index contributed by atoms with van der Waals surface area (Å²) in [5, 5.41) is 1.28. The Kier molecular flexibility index (Phi) is 5.39. The molecule has 14 heavy (non-hydrogen) atoms. The molecule has 0 fully saturated rings. The van der Waals surface area contributed by atoms with Gasteiger partial charge in [-0.05, 0) is 0 Å². The molecule has 0 nitrogen and oxygen atoms in total. The summed E-state index contributed by atoms with van der Waals surface area (Å²) < 4.78 is 1.25. The maximum atomic E-state index is 5.38. The summed E-state index contributed by atoms with van der Waals surface area (Å²) >= 11 is 5.92. The zero-order chi connectivity index (χ0) is 10.4. The van der Waals surface area contributed by atoms with Crippen molar-refractivity contribution in [2.45, 2.75) is 25.6 Å². The molecule has 0 aromatic heterocycles. The Balaban J connectivity index is 2.35. The Morgan fingerprint density at radius 2 is 1.93 bits per heavy atom. The molecule has 0 amide bonds. The minimum absolute atomic E-state index is 0.541. The van der Waals surface area contributed by atoms with Crippen LogP contribution < -0.4 is 0 Å². The minimum atomic E-state index is 0.541.